The Bertz CT molecular complexity index is 1170. The highest BCUT2D eigenvalue weighted by Gasteiger charge is 2.18. The van der Waals surface area contributed by atoms with Gasteiger partial charge in [-0.15, -0.1) is 0 Å². The summed E-state index contributed by atoms with van der Waals surface area (Å²) in [6, 6.07) is 13.8. The second-order valence-corrected chi connectivity index (χ2v) is 6.69. The molecule has 3 aromatic heterocycles. The average molecular weight is 421 g/mol. The molecule has 160 valence electrons. The molecule has 4 rings (SSSR count). The molecule has 0 unspecified atom stereocenters. The van der Waals surface area contributed by atoms with Crippen LogP contribution in [0.3, 0.4) is 0 Å². The van der Waals surface area contributed by atoms with E-state index in [1.165, 1.54) is 0 Å². The van der Waals surface area contributed by atoms with Gasteiger partial charge in [0.05, 0.1) is 24.4 Å². The molecule has 0 bridgehead atoms. The number of methoxy groups -OCH3 is 1. The molecule has 3 heterocycles. The summed E-state index contributed by atoms with van der Waals surface area (Å²) in [5.41, 5.74) is 5.36. The number of nitrogens with one attached hydrogen (secondary N) is 2. The van der Waals surface area contributed by atoms with E-state index in [1.807, 2.05) is 60.0 Å². The lowest BCUT2D eigenvalue weighted by Gasteiger charge is -2.08. The first-order chi connectivity index (χ1) is 15.1. The summed E-state index contributed by atoms with van der Waals surface area (Å²) >= 11 is 0. The smallest absolute Gasteiger partial charge is 0.290 e. The van der Waals surface area contributed by atoms with Gasteiger partial charge in [0.25, 0.3) is 6.47 Å². The minimum Gasteiger partial charge on any atom is -0.483 e. The molecule has 0 atom stereocenters. The number of H-pyrrole nitrogens is 1. The van der Waals surface area contributed by atoms with Crippen LogP contribution in [-0.2, 0) is 27.4 Å². The van der Waals surface area contributed by atoms with Gasteiger partial charge in [-0.2, -0.15) is 5.10 Å². The van der Waals surface area contributed by atoms with Gasteiger partial charge in [0.1, 0.15) is 5.65 Å². The zero-order chi connectivity index (χ0) is 22.2. The number of carboxylic acid groups (broad SMARTS) is 1. The molecular formula is C22H23N5O4. The normalized spacial score (nSPS) is 10.4. The largest absolute Gasteiger partial charge is 0.483 e. The van der Waals surface area contributed by atoms with Gasteiger partial charge in [-0.1, -0.05) is 36.4 Å². The number of aromatic nitrogens is 4. The first kappa shape index (κ1) is 21.7. The number of carbonyl (C=O) groups excluding carboxylic acids is 1. The van der Waals surface area contributed by atoms with Crippen LogP contribution < -0.4 is 5.32 Å². The molecule has 0 radical (unpaired) electrons. The van der Waals surface area contributed by atoms with Crippen molar-refractivity contribution in [2.24, 2.45) is 0 Å². The fourth-order valence-corrected chi connectivity index (χ4v) is 3.31. The monoisotopic (exact) mass is 421 g/mol. The zero-order valence-corrected chi connectivity index (χ0v) is 17.2. The fraction of sp³-hybridized carbons (Fsp3) is 0.182. The summed E-state index contributed by atoms with van der Waals surface area (Å²) in [6.45, 7) is 2.12. The van der Waals surface area contributed by atoms with Gasteiger partial charge in [0.15, 0.2) is 5.82 Å². The number of amides is 1. The summed E-state index contributed by atoms with van der Waals surface area (Å²) in [4.78, 5) is 25.5. The lowest BCUT2D eigenvalue weighted by Crippen LogP contribution is -2.16. The first-order valence-corrected chi connectivity index (χ1v) is 9.49. The van der Waals surface area contributed by atoms with E-state index >= 15 is 0 Å². The molecule has 31 heavy (non-hydrogen) atoms. The Morgan fingerprint density at radius 3 is 2.71 bits per heavy atom. The Morgan fingerprint density at radius 1 is 1.26 bits per heavy atom. The molecule has 1 aromatic carbocycles. The predicted molar refractivity (Wildman–Crippen MR) is 116 cm³/mol. The number of fused-ring (bicyclic) bond motifs is 1. The number of imidazole rings is 1. The maximum atomic E-state index is 12.7. The van der Waals surface area contributed by atoms with Crippen LogP contribution in [0.15, 0.2) is 54.9 Å². The maximum absolute atomic E-state index is 12.7. The number of aryl methyl sites for hydroxylation is 1. The van der Waals surface area contributed by atoms with Crippen molar-refractivity contribution in [3.63, 3.8) is 0 Å². The number of rotatable bonds is 6. The highest BCUT2D eigenvalue weighted by atomic mass is 16.5. The van der Waals surface area contributed by atoms with Crippen molar-refractivity contribution in [3.8, 4) is 11.1 Å². The highest BCUT2D eigenvalue weighted by Crippen LogP contribution is 2.30. The number of ether oxygens (including phenoxy) is 1. The van der Waals surface area contributed by atoms with Gasteiger partial charge < -0.3 is 19.6 Å². The topological polar surface area (TPSA) is 122 Å². The predicted octanol–water partition coefficient (Wildman–Crippen LogP) is 3.06. The van der Waals surface area contributed by atoms with Crippen molar-refractivity contribution in [2.75, 3.05) is 12.4 Å². The molecule has 9 heteroatoms. The van der Waals surface area contributed by atoms with Gasteiger partial charge in [-0.3, -0.25) is 14.7 Å². The third-order valence-corrected chi connectivity index (χ3v) is 4.60. The Balaban J connectivity index is 0.000000858. The Kier molecular flexibility index (Phi) is 7.13. The van der Waals surface area contributed by atoms with Crippen LogP contribution in [0.2, 0.25) is 0 Å². The number of carbonyl (C=O) groups is 2. The van der Waals surface area contributed by atoms with Crippen LogP contribution in [0, 0.1) is 6.92 Å². The zero-order valence-electron chi connectivity index (χ0n) is 17.2. The van der Waals surface area contributed by atoms with E-state index in [0.717, 1.165) is 33.7 Å². The Hall–Kier alpha value is -3.98. The van der Waals surface area contributed by atoms with Gasteiger partial charge in [-0.25, -0.2) is 4.98 Å². The molecular weight excluding hydrogens is 398 g/mol. The molecule has 0 aliphatic heterocycles. The molecule has 0 aliphatic rings. The summed E-state index contributed by atoms with van der Waals surface area (Å²) in [5, 5.41) is 17.1. The number of anilines is 1. The summed E-state index contributed by atoms with van der Waals surface area (Å²) in [7, 11) is 1.63. The van der Waals surface area contributed by atoms with E-state index in [1.54, 1.807) is 13.3 Å². The van der Waals surface area contributed by atoms with Gasteiger partial charge >= 0.3 is 0 Å². The fourth-order valence-electron chi connectivity index (χ4n) is 3.31. The van der Waals surface area contributed by atoms with Crippen molar-refractivity contribution < 1.29 is 19.4 Å². The minimum atomic E-state index is -0.250. The molecule has 0 saturated carbocycles. The van der Waals surface area contributed by atoms with Crippen LogP contribution >= 0.6 is 0 Å². The van der Waals surface area contributed by atoms with E-state index in [0.29, 0.717) is 12.4 Å². The Labute approximate surface area is 178 Å². The molecule has 3 N–H and O–H groups in total. The van der Waals surface area contributed by atoms with Crippen LogP contribution in [0.25, 0.3) is 16.8 Å². The van der Waals surface area contributed by atoms with Crippen molar-refractivity contribution in [1.29, 1.82) is 0 Å². The SMILES string of the molecule is COCc1[nH]nc(NC(=O)Cc2cnc3c(C)cccn23)c1-c1ccccc1.O=CO. The van der Waals surface area contributed by atoms with Crippen LogP contribution in [0.5, 0.6) is 0 Å². The summed E-state index contributed by atoms with van der Waals surface area (Å²) < 4.78 is 7.20. The van der Waals surface area contributed by atoms with E-state index in [9.17, 15) is 4.79 Å². The maximum Gasteiger partial charge on any atom is 0.290 e. The van der Waals surface area contributed by atoms with Crippen LogP contribution in [-0.4, -0.2) is 44.2 Å². The second-order valence-electron chi connectivity index (χ2n) is 6.69. The number of nitrogens with zero attached hydrogens (tertiary/aromatic N) is 3. The minimum absolute atomic E-state index is 0.157. The molecule has 0 aliphatic carbocycles. The lowest BCUT2D eigenvalue weighted by atomic mass is 10.1. The van der Waals surface area contributed by atoms with Gasteiger partial charge in [-0.05, 0) is 24.1 Å². The number of hydrogen-bond donors (Lipinski definition) is 3. The van der Waals surface area contributed by atoms with E-state index in [4.69, 9.17) is 14.6 Å². The van der Waals surface area contributed by atoms with Crippen molar-refractivity contribution >= 4 is 23.8 Å². The van der Waals surface area contributed by atoms with Crippen molar-refractivity contribution in [1.82, 2.24) is 19.6 Å². The standard InChI is InChI=1S/C21H21N5O2.CH2O2/c1-14-7-6-10-26-16(12-22-21(14)26)11-18(27)23-20-19(15-8-4-3-5-9-15)17(13-28-2)24-25-20;2-1-3/h3-10,12H,11,13H2,1-2H3,(H2,23,24,25,27);1H,(H,2,3). The molecule has 4 aromatic rings. The molecule has 9 nitrogen and oxygen atoms in total. The highest BCUT2D eigenvalue weighted by molar-refractivity contribution is 5.95. The first-order valence-electron chi connectivity index (χ1n) is 9.49. The molecule has 0 saturated heterocycles. The lowest BCUT2D eigenvalue weighted by molar-refractivity contribution is -0.123. The number of benzene rings is 1. The molecule has 0 fully saturated rings. The van der Waals surface area contributed by atoms with Gasteiger partial charge in [0.2, 0.25) is 5.91 Å². The summed E-state index contributed by atoms with van der Waals surface area (Å²) in [5.74, 6) is 0.337. The quantitative estimate of drug-likeness (QED) is 0.411. The third kappa shape index (κ3) is 4.96. The second kappa shape index (κ2) is 10.2. The third-order valence-electron chi connectivity index (χ3n) is 4.60. The summed E-state index contributed by atoms with van der Waals surface area (Å²) in [6.07, 6.45) is 3.85. The average Bonchev–Trinajstić information content (AvgIpc) is 3.35. The molecule has 0 spiro atoms. The van der Waals surface area contributed by atoms with E-state index < -0.39 is 0 Å². The molecule has 1 amide bonds. The Morgan fingerprint density at radius 2 is 2.00 bits per heavy atom. The number of pyridine rings is 1. The number of aromatic amines is 1. The number of hydrogen-bond acceptors (Lipinski definition) is 5. The van der Waals surface area contributed by atoms with E-state index in [2.05, 4.69) is 20.5 Å². The van der Waals surface area contributed by atoms with Crippen LogP contribution in [0.4, 0.5) is 5.82 Å². The van der Waals surface area contributed by atoms with E-state index in [-0.39, 0.29) is 18.8 Å². The van der Waals surface area contributed by atoms with Crippen molar-refractivity contribution in [2.45, 2.75) is 20.0 Å². The van der Waals surface area contributed by atoms with Crippen LogP contribution in [0.1, 0.15) is 17.0 Å². The van der Waals surface area contributed by atoms with Crippen molar-refractivity contribution in [3.05, 3.63) is 71.8 Å². The van der Waals surface area contributed by atoms with Gasteiger partial charge in [0, 0.05) is 25.1 Å².